The van der Waals surface area contributed by atoms with Crippen LogP contribution in [0.4, 0.5) is 0 Å². The standard InChI is InChI=1S/C15H12ClNO4/c16-11-4-2-6-13(8-11)21-15(19)10-3-1-5-12(7-10)20-9-14(17)18/h1-8H,9H2,(H2,17,18). The Balaban J connectivity index is 2.08. The summed E-state index contributed by atoms with van der Waals surface area (Å²) in [5.41, 5.74) is 5.28. The molecule has 5 nitrogen and oxygen atoms in total. The van der Waals surface area contributed by atoms with Crippen molar-refractivity contribution in [2.24, 2.45) is 5.73 Å². The summed E-state index contributed by atoms with van der Waals surface area (Å²) in [7, 11) is 0. The molecule has 1 amide bonds. The minimum absolute atomic E-state index is 0.257. The highest BCUT2D eigenvalue weighted by Crippen LogP contribution is 2.20. The molecule has 0 atom stereocenters. The summed E-state index contributed by atoms with van der Waals surface area (Å²) < 4.78 is 10.3. The number of amides is 1. The van der Waals surface area contributed by atoms with Gasteiger partial charge >= 0.3 is 5.97 Å². The second-order valence-corrected chi connectivity index (χ2v) is 4.57. The number of primary amides is 1. The van der Waals surface area contributed by atoms with Crippen LogP contribution in [-0.4, -0.2) is 18.5 Å². The molecule has 0 unspecified atom stereocenters. The van der Waals surface area contributed by atoms with Gasteiger partial charge in [-0.15, -0.1) is 0 Å². The monoisotopic (exact) mass is 305 g/mol. The average molecular weight is 306 g/mol. The summed E-state index contributed by atoms with van der Waals surface area (Å²) in [6.07, 6.45) is 0. The number of halogens is 1. The Kier molecular flexibility index (Phi) is 4.79. The van der Waals surface area contributed by atoms with Gasteiger partial charge in [0.1, 0.15) is 11.5 Å². The Labute approximate surface area is 126 Å². The van der Waals surface area contributed by atoms with Crippen LogP contribution in [-0.2, 0) is 4.79 Å². The maximum atomic E-state index is 12.0. The zero-order valence-electron chi connectivity index (χ0n) is 10.9. The first-order chi connectivity index (χ1) is 10.0. The predicted molar refractivity (Wildman–Crippen MR) is 77.5 cm³/mol. The zero-order valence-corrected chi connectivity index (χ0v) is 11.7. The molecular formula is C15H12ClNO4. The Morgan fingerprint density at radius 1 is 1.05 bits per heavy atom. The van der Waals surface area contributed by atoms with Crippen molar-refractivity contribution in [3.63, 3.8) is 0 Å². The summed E-state index contributed by atoms with van der Waals surface area (Å²) in [5.74, 6) is -0.450. The number of benzene rings is 2. The Morgan fingerprint density at radius 3 is 2.48 bits per heavy atom. The molecule has 0 heterocycles. The quantitative estimate of drug-likeness (QED) is 0.679. The second kappa shape index (κ2) is 6.76. The number of nitrogens with two attached hydrogens (primary N) is 1. The first-order valence-corrected chi connectivity index (χ1v) is 6.41. The van der Waals surface area contributed by atoms with E-state index in [2.05, 4.69) is 0 Å². The molecular weight excluding hydrogens is 294 g/mol. The highest BCUT2D eigenvalue weighted by atomic mass is 35.5. The fraction of sp³-hybridized carbons (Fsp3) is 0.0667. The molecule has 0 fully saturated rings. The highest BCUT2D eigenvalue weighted by Gasteiger charge is 2.10. The number of hydrogen-bond acceptors (Lipinski definition) is 4. The van der Waals surface area contributed by atoms with Crippen molar-refractivity contribution in [2.45, 2.75) is 0 Å². The number of ether oxygens (including phenoxy) is 2. The van der Waals surface area contributed by atoms with Gasteiger partial charge in [0.25, 0.3) is 5.91 Å². The molecule has 0 spiro atoms. The normalized spacial score (nSPS) is 9.95. The molecule has 2 rings (SSSR count). The molecule has 108 valence electrons. The number of carbonyl (C=O) groups is 2. The Morgan fingerprint density at radius 2 is 1.76 bits per heavy atom. The summed E-state index contributed by atoms with van der Waals surface area (Å²) in [6, 6.07) is 12.8. The maximum absolute atomic E-state index is 12.0. The van der Waals surface area contributed by atoms with Crippen molar-refractivity contribution in [1.29, 1.82) is 0 Å². The smallest absolute Gasteiger partial charge is 0.343 e. The van der Waals surface area contributed by atoms with Gasteiger partial charge < -0.3 is 15.2 Å². The third-order valence-electron chi connectivity index (χ3n) is 2.46. The van der Waals surface area contributed by atoms with Crippen molar-refractivity contribution in [3.05, 3.63) is 59.1 Å². The number of esters is 1. The molecule has 0 saturated heterocycles. The molecule has 0 saturated carbocycles. The van der Waals surface area contributed by atoms with Gasteiger partial charge in [-0.2, -0.15) is 0 Å². The topological polar surface area (TPSA) is 78.6 Å². The van der Waals surface area contributed by atoms with Gasteiger partial charge in [0.15, 0.2) is 6.61 Å². The van der Waals surface area contributed by atoms with Crippen LogP contribution >= 0.6 is 11.6 Å². The van der Waals surface area contributed by atoms with Crippen LogP contribution in [0.5, 0.6) is 11.5 Å². The fourth-order valence-electron chi connectivity index (χ4n) is 1.56. The van der Waals surface area contributed by atoms with Crippen LogP contribution in [0.25, 0.3) is 0 Å². The van der Waals surface area contributed by atoms with Crippen molar-refractivity contribution in [1.82, 2.24) is 0 Å². The molecule has 0 aliphatic rings. The molecule has 0 aliphatic carbocycles. The minimum atomic E-state index is -0.595. The maximum Gasteiger partial charge on any atom is 0.343 e. The minimum Gasteiger partial charge on any atom is -0.484 e. The first kappa shape index (κ1) is 14.9. The lowest BCUT2D eigenvalue weighted by Gasteiger charge is -2.07. The molecule has 0 aromatic heterocycles. The van der Waals surface area contributed by atoms with Gasteiger partial charge in [-0.05, 0) is 36.4 Å². The highest BCUT2D eigenvalue weighted by molar-refractivity contribution is 6.30. The fourth-order valence-corrected chi connectivity index (χ4v) is 1.74. The molecule has 6 heteroatoms. The summed E-state index contributed by atoms with van der Waals surface area (Å²) in [5, 5.41) is 0.471. The van der Waals surface area contributed by atoms with Crippen LogP contribution in [0.2, 0.25) is 5.02 Å². The van der Waals surface area contributed by atoms with Gasteiger partial charge in [0, 0.05) is 5.02 Å². The van der Waals surface area contributed by atoms with E-state index in [9.17, 15) is 9.59 Å². The van der Waals surface area contributed by atoms with E-state index >= 15 is 0 Å². The zero-order chi connectivity index (χ0) is 15.2. The van der Waals surface area contributed by atoms with Gasteiger partial charge in [0.05, 0.1) is 5.56 Å². The molecule has 2 N–H and O–H groups in total. The third-order valence-corrected chi connectivity index (χ3v) is 2.69. The van der Waals surface area contributed by atoms with Crippen LogP contribution in [0.15, 0.2) is 48.5 Å². The second-order valence-electron chi connectivity index (χ2n) is 4.13. The number of hydrogen-bond donors (Lipinski definition) is 1. The van der Waals surface area contributed by atoms with Crippen molar-refractivity contribution in [2.75, 3.05) is 6.61 Å². The summed E-state index contributed by atoms with van der Waals surface area (Å²) in [4.78, 5) is 22.7. The molecule has 0 radical (unpaired) electrons. The van der Waals surface area contributed by atoms with Gasteiger partial charge in [-0.3, -0.25) is 4.79 Å². The van der Waals surface area contributed by atoms with Crippen LogP contribution in [0.3, 0.4) is 0 Å². The van der Waals surface area contributed by atoms with Gasteiger partial charge in [-0.1, -0.05) is 23.7 Å². The lowest BCUT2D eigenvalue weighted by molar-refractivity contribution is -0.119. The van der Waals surface area contributed by atoms with E-state index < -0.39 is 11.9 Å². The average Bonchev–Trinajstić information content (AvgIpc) is 2.45. The molecule has 2 aromatic carbocycles. The SMILES string of the molecule is NC(=O)COc1cccc(C(=O)Oc2cccc(Cl)c2)c1. The molecule has 21 heavy (non-hydrogen) atoms. The Bertz CT molecular complexity index is 672. The largest absolute Gasteiger partial charge is 0.484 e. The number of rotatable bonds is 5. The van der Waals surface area contributed by atoms with E-state index in [1.807, 2.05) is 0 Å². The van der Waals surface area contributed by atoms with Crippen molar-refractivity contribution in [3.8, 4) is 11.5 Å². The van der Waals surface area contributed by atoms with Crippen molar-refractivity contribution < 1.29 is 19.1 Å². The number of carbonyl (C=O) groups excluding carboxylic acids is 2. The lowest BCUT2D eigenvalue weighted by Crippen LogP contribution is -2.20. The van der Waals surface area contributed by atoms with E-state index in [4.69, 9.17) is 26.8 Å². The molecule has 0 bridgehead atoms. The summed E-state index contributed by atoms with van der Waals surface area (Å²) in [6.45, 7) is -0.257. The van der Waals surface area contributed by atoms with E-state index in [1.54, 1.807) is 36.4 Å². The summed E-state index contributed by atoms with van der Waals surface area (Å²) >= 11 is 5.82. The lowest BCUT2D eigenvalue weighted by atomic mass is 10.2. The van der Waals surface area contributed by atoms with Gasteiger partial charge in [0.2, 0.25) is 0 Å². The van der Waals surface area contributed by atoms with Crippen LogP contribution in [0, 0.1) is 0 Å². The molecule has 2 aromatic rings. The van der Waals surface area contributed by atoms with Crippen molar-refractivity contribution >= 4 is 23.5 Å². The van der Waals surface area contributed by atoms with Gasteiger partial charge in [-0.25, -0.2) is 4.79 Å². The van der Waals surface area contributed by atoms with E-state index in [1.165, 1.54) is 12.1 Å². The van der Waals surface area contributed by atoms with Crippen LogP contribution < -0.4 is 15.2 Å². The Hall–Kier alpha value is -2.53. The van der Waals surface area contributed by atoms with E-state index in [0.717, 1.165) is 0 Å². The third kappa shape index (κ3) is 4.50. The predicted octanol–water partition coefficient (Wildman–Crippen LogP) is 2.42. The van der Waals surface area contributed by atoms with E-state index in [0.29, 0.717) is 16.5 Å². The molecule has 0 aliphatic heterocycles. The first-order valence-electron chi connectivity index (χ1n) is 6.03. The van der Waals surface area contributed by atoms with Crippen LogP contribution in [0.1, 0.15) is 10.4 Å². The van der Waals surface area contributed by atoms with E-state index in [-0.39, 0.29) is 12.2 Å².